The van der Waals surface area contributed by atoms with Gasteiger partial charge in [0.25, 0.3) is 0 Å². The van der Waals surface area contributed by atoms with Crippen molar-refractivity contribution in [3.05, 3.63) is 11.6 Å². The fourth-order valence-corrected chi connectivity index (χ4v) is 0.211. The molecular weight excluding hydrogens is 124 g/mol. The maximum absolute atomic E-state index is 10.0. The number of carboxylic acid groups (broad SMARTS) is 2. The Morgan fingerprint density at radius 3 is 2.22 bits per heavy atom. The third-order valence-electron chi connectivity index (χ3n) is 0.572. The third kappa shape index (κ3) is 3.28. The standard InChI is InChI=1S/C5H6O4/c1-3(5(8)9)2-4(6)7/h2H,1H3,(H,6,7)(H,8,9)/b3-2+/i1D. The first-order valence-corrected chi connectivity index (χ1v) is 2.04. The summed E-state index contributed by atoms with van der Waals surface area (Å²) in [4.78, 5) is 19.9. The molecule has 0 amide bonds. The minimum absolute atomic E-state index is 0.424. The first kappa shape index (κ1) is 5.81. The molecule has 50 valence electrons. The van der Waals surface area contributed by atoms with Crippen LogP contribution >= 0.6 is 0 Å². The fourth-order valence-electron chi connectivity index (χ4n) is 0.211. The molecule has 0 rings (SSSR count). The van der Waals surface area contributed by atoms with Gasteiger partial charge in [-0.25, -0.2) is 9.59 Å². The van der Waals surface area contributed by atoms with Gasteiger partial charge in [0.2, 0.25) is 0 Å². The molecule has 4 nitrogen and oxygen atoms in total. The predicted molar refractivity (Wildman–Crippen MR) is 29.0 cm³/mol. The minimum atomic E-state index is -1.36. The smallest absolute Gasteiger partial charge is 0.331 e. The number of carboxylic acids is 2. The molecule has 9 heavy (non-hydrogen) atoms. The SMILES string of the molecule is [2H]C/C(=C\C(=O)O)C(=O)O. The zero-order valence-electron chi connectivity index (χ0n) is 5.50. The molecule has 0 spiro atoms. The molecule has 0 aromatic carbocycles. The summed E-state index contributed by atoms with van der Waals surface area (Å²) >= 11 is 0. The number of hydrogen-bond acceptors (Lipinski definition) is 2. The van der Waals surface area contributed by atoms with Gasteiger partial charge in [0.1, 0.15) is 0 Å². The molecule has 0 saturated carbocycles. The van der Waals surface area contributed by atoms with Crippen molar-refractivity contribution in [2.45, 2.75) is 6.90 Å². The van der Waals surface area contributed by atoms with Crippen molar-refractivity contribution in [3.63, 3.8) is 0 Å². The van der Waals surface area contributed by atoms with Crippen LogP contribution in [-0.2, 0) is 9.59 Å². The summed E-state index contributed by atoms with van der Waals surface area (Å²) in [5.41, 5.74) is -0.424. The van der Waals surface area contributed by atoms with E-state index in [2.05, 4.69) is 0 Å². The van der Waals surface area contributed by atoms with Crippen LogP contribution in [0.25, 0.3) is 0 Å². The Labute approximate surface area is 52.8 Å². The van der Waals surface area contributed by atoms with E-state index in [1.54, 1.807) is 0 Å². The number of rotatable bonds is 2. The molecule has 0 atom stereocenters. The Balaban J connectivity index is 4.34. The normalized spacial score (nSPS) is 12.4. The van der Waals surface area contributed by atoms with E-state index in [4.69, 9.17) is 11.6 Å². The van der Waals surface area contributed by atoms with Gasteiger partial charge in [-0.2, -0.15) is 0 Å². The van der Waals surface area contributed by atoms with Gasteiger partial charge in [-0.1, -0.05) is 0 Å². The molecule has 0 saturated heterocycles. The Morgan fingerprint density at radius 2 is 2.11 bits per heavy atom. The van der Waals surface area contributed by atoms with Crippen molar-refractivity contribution in [3.8, 4) is 0 Å². The molecule has 0 bridgehead atoms. The summed E-state index contributed by atoms with van der Waals surface area (Å²) in [6, 6.07) is 0. The van der Waals surface area contributed by atoms with Gasteiger partial charge in [-0.3, -0.25) is 0 Å². The van der Waals surface area contributed by atoms with Crippen molar-refractivity contribution in [1.82, 2.24) is 0 Å². The highest BCUT2D eigenvalue weighted by Gasteiger charge is 2.00. The summed E-state index contributed by atoms with van der Waals surface area (Å²) in [6.45, 7) is -0.526. The molecule has 0 unspecified atom stereocenters. The van der Waals surface area contributed by atoms with E-state index >= 15 is 0 Å². The first-order chi connectivity index (χ1) is 4.57. The Hall–Kier alpha value is -1.32. The molecule has 0 fully saturated rings. The topological polar surface area (TPSA) is 74.6 Å². The number of carbonyl (C=O) groups is 2. The van der Waals surface area contributed by atoms with Crippen LogP contribution in [0.3, 0.4) is 0 Å². The van der Waals surface area contributed by atoms with Crippen LogP contribution in [0.4, 0.5) is 0 Å². The van der Waals surface area contributed by atoms with E-state index in [0.717, 1.165) is 0 Å². The van der Waals surface area contributed by atoms with Crippen LogP contribution in [0.1, 0.15) is 8.27 Å². The van der Waals surface area contributed by atoms with Gasteiger partial charge in [0.15, 0.2) is 0 Å². The lowest BCUT2D eigenvalue weighted by Gasteiger charge is -1.86. The van der Waals surface area contributed by atoms with E-state index in [1.165, 1.54) is 0 Å². The van der Waals surface area contributed by atoms with Crippen molar-refractivity contribution in [1.29, 1.82) is 0 Å². The van der Waals surface area contributed by atoms with Gasteiger partial charge in [0, 0.05) is 13.0 Å². The maximum atomic E-state index is 10.0. The van der Waals surface area contributed by atoms with Gasteiger partial charge in [-0.05, 0) is 6.90 Å². The van der Waals surface area contributed by atoms with E-state index in [1.807, 2.05) is 0 Å². The monoisotopic (exact) mass is 131 g/mol. The Morgan fingerprint density at radius 1 is 1.56 bits per heavy atom. The van der Waals surface area contributed by atoms with Crippen molar-refractivity contribution < 1.29 is 21.2 Å². The number of hydrogen-bond donors (Lipinski definition) is 2. The number of aliphatic carboxylic acids is 2. The lowest BCUT2D eigenvalue weighted by atomic mass is 10.3. The molecule has 0 aromatic heterocycles. The highest BCUT2D eigenvalue weighted by molar-refractivity contribution is 5.93. The predicted octanol–water partition coefficient (Wildman–Crippen LogP) is 0.102. The lowest BCUT2D eigenvalue weighted by molar-refractivity contribution is -0.135. The van der Waals surface area contributed by atoms with Crippen LogP contribution in [0.5, 0.6) is 0 Å². The first-order valence-electron chi connectivity index (χ1n) is 2.74. The van der Waals surface area contributed by atoms with Crippen LogP contribution in [0, 0.1) is 0 Å². The second-order valence-corrected chi connectivity index (χ2v) is 1.31. The Bertz CT molecular complexity index is 184. The summed E-state index contributed by atoms with van der Waals surface area (Å²) < 4.78 is 6.57. The minimum Gasteiger partial charge on any atom is -0.478 e. The molecular formula is C5H6O4. The van der Waals surface area contributed by atoms with E-state index in [0.29, 0.717) is 6.08 Å². The van der Waals surface area contributed by atoms with Crippen molar-refractivity contribution in [2.75, 3.05) is 0 Å². The molecule has 0 aromatic rings. The fraction of sp³-hybridized carbons (Fsp3) is 0.200. The average Bonchev–Trinajstić information content (AvgIpc) is 1.81. The van der Waals surface area contributed by atoms with E-state index in [-0.39, 0.29) is 0 Å². The van der Waals surface area contributed by atoms with Gasteiger partial charge in [-0.15, -0.1) is 0 Å². The highest BCUT2D eigenvalue weighted by Crippen LogP contribution is 1.89. The zero-order valence-corrected chi connectivity index (χ0v) is 4.50. The molecule has 2 N–H and O–H groups in total. The summed E-state index contributed by atoms with van der Waals surface area (Å²) in [5.74, 6) is -2.71. The molecule has 0 heterocycles. The van der Waals surface area contributed by atoms with E-state index < -0.39 is 24.4 Å². The van der Waals surface area contributed by atoms with Crippen LogP contribution in [0.15, 0.2) is 11.6 Å². The van der Waals surface area contributed by atoms with Crippen molar-refractivity contribution in [2.24, 2.45) is 0 Å². The van der Waals surface area contributed by atoms with Gasteiger partial charge < -0.3 is 10.2 Å². The average molecular weight is 131 g/mol. The summed E-state index contributed by atoms with van der Waals surface area (Å²) in [5, 5.41) is 16.2. The Kier molecular flexibility index (Phi) is 1.85. The highest BCUT2D eigenvalue weighted by atomic mass is 16.4. The largest absolute Gasteiger partial charge is 0.478 e. The second-order valence-electron chi connectivity index (χ2n) is 1.31. The third-order valence-corrected chi connectivity index (χ3v) is 0.572. The van der Waals surface area contributed by atoms with Crippen molar-refractivity contribution >= 4 is 11.9 Å². The van der Waals surface area contributed by atoms with Crippen LogP contribution in [-0.4, -0.2) is 22.2 Å². The molecule has 4 heteroatoms. The molecule has 0 radical (unpaired) electrons. The van der Waals surface area contributed by atoms with Crippen LogP contribution < -0.4 is 0 Å². The maximum Gasteiger partial charge on any atom is 0.331 e. The van der Waals surface area contributed by atoms with E-state index in [9.17, 15) is 9.59 Å². The van der Waals surface area contributed by atoms with Gasteiger partial charge >= 0.3 is 11.9 Å². The molecule has 0 aliphatic heterocycles. The molecule has 0 aliphatic carbocycles. The summed E-state index contributed by atoms with van der Waals surface area (Å²) in [6.07, 6.45) is 0.509. The van der Waals surface area contributed by atoms with Crippen LogP contribution in [0.2, 0.25) is 0 Å². The summed E-state index contributed by atoms with van der Waals surface area (Å²) in [7, 11) is 0. The lowest BCUT2D eigenvalue weighted by Crippen LogP contribution is -1.99. The second kappa shape index (κ2) is 2.86. The zero-order chi connectivity index (χ0) is 8.15. The molecule has 0 aliphatic rings. The quantitative estimate of drug-likeness (QED) is 0.521. The van der Waals surface area contributed by atoms with Gasteiger partial charge in [0.05, 0.1) is 0 Å².